The zero-order valence-corrected chi connectivity index (χ0v) is 15.2. The summed E-state index contributed by atoms with van der Waals surface area (Å²) in [4.78, 5) is 27.8. The summed E-state index contributed by atoms with van der Waals surface area (Å²) in [7, 11) is 0. The summed E-state index contributed by atoms with van der Waals surface area (Å²) in [5, 5.41) is 14.3. The van der Waals surface area contributed by atoms with Crippen LogP contribution in [-0.4, -0.2) is 34.7 Å². The molecule has 0 bridgehead atoms. The second kappa shape index (κ2) is 9.01. The van der Waals surface area contributed by atoms with E-state index in [0.29, 0.717) is 43.0 Å². The van der Waals surface area contributed by atoms with Crippen molar-refractivity contribution in [1.82, 2.24) is 10.3 Å². The molecular weight excluding hydrogens is 360 g/mol. The molecule has 0 fully saturated rings. The van der Waals surface area contributed by atoms with Crippen molar-refractivity contribution < 1.29 is 19.1 Å². The molecule has 0 saturated heterocycles. The highest BCUT2D eigenvalue weighted by Crippen LogP contribution is 2.25. The molecule has 0 aliphatic rings. The summed E-state index contributed by atoms with van der Waals surface area (Å²) < 4.78 is 5.72. The number of hydrogen-bond acceptors (Lipinski definition) is 5. The number of aliphatic carboxylic acids is 1. The molecule has 3 aromatic rings. The zero-order valence-electron chi connectivity index (χ0n) is 15.2. The van der Waals surface area contributed by atoms with E-state index >= 15 is 0 Å². The second-order valence-corrected chi connectivity index (χ2v) is 6.34. The van der Waals surface area contributed by atoms with Crippen LogP contribution in [-0.2, 0) is 4.79 Å². The Morgan fingerprint density at radius 2 is 1.86 bits per heavy atom. The summed E-state index contributed by atoms with van der Waals surface area (Å²) in [6.45, 7) is 0.491. The fourth-order valence-electron chi connectivity index (χ4n) is 2.77. The molecule has 0 saturated carbocycles. The molecule has 8 nitrogen and oxygen atoms in total. The first-order valence-electron chi connectivity index (χ1n) is 9.03. The van der Waals surface area contributed by atoms with E-state index in [1.807, 2.05) is 24.3 Å². The number of nitrogens with one attached hydrogen (secondary N) is 2. The van der Waals surface area contributed by atoms with Crippen molar-refractivity contribution in [1.29, 1.82) is 0 Å². The van der Waals surface area contributed by atoms with Crippen molar-refractivity contribution in [2.45, 2.75) is 25.3 Å². The molecule has 5 N–H and O–H groups in total. The van der Waals surface area contributed by atoms with Crippen LogP contribution in [0.3, 0.4) is 0 Å². The van der Waals surface area contributed by atoms with Crippen LogP contribution in [0.2, 0.25) is 0 Å². The number of hydrogen-bond donors (Lipinski definition) is 4. The highest BCUT2D eigenvalue weighted by atomic mass is 16.4. The lowest BCUT2D eigenvalue weighted by atomic mass is 10.1. The smallest absolute Gasteiger partial charge is 0.326 e. The predicted octanol–water partition coefficient (Wildman–Crippen LogP) is 3.20. The minimum Gasteiger partial charge on any atom is -0.480 e. The van der Waals surface area contributed by atoms with Gasteiger partial charge in [0.05, 0.1) is 0 Å². The highest BCUT2D eigenvalue weighted by Gasteiger charge is 2.19. The Kier molecular flexibility index (Phi) is 6.23. The largest absolute Gasteiger partial charge is 0.480 e. The number of anilines is 1. The van der Waals surface area contributed by atoms with Crippen LogP contribution in [0, 0.1) is 0 Å². The maximum Gasteiger partial charge on any atom is 0.326 e. The van der Waals surface area contributed by atoms with Gasteiger partial charge in [-0.25, -0.2) is 14.6 Å². The molecule has 2 aromatic carbocycles. The van der Waals surface area contributed by atoms with Gasteiger partial charge < -0.3 is 25.9 Å². The quantitative estimate of drug-likeness (QED) is 0.443. The Bertz CT molecular complexity index is 919. The van der Waals surface area contributed by atoms with Gasteiger partial charge in [-0.15, -0.1) is 0 Å². The number of para-hydroxylation sites is 2. The van der Waals surface area contributed by atoms with Gasteiger partial charge in [0.15, 0.2) is 5.58 Å². The van der Waals surface area contributed by atoms with Crippen LogP contribution in [0.25, 0.3) is 22.6 Å². The molecule has 1 aromatic heterocycles. The standard InChI is InChI=1S/C20H22N4O4/c21-12-4-3-6-16(19(25)26)24-20(27)22-14-10-8-13(9-11-14)18-23-15-5-1-2-7-17(15)28-18/h1-2,5,7-11,16H,3-4,6,12,21H2,(H,25,26)(H2,22,24,27)/t16-/m0/s1. The van der Waals surface area contributed by atoms with E-state index in [1.165, 1.54) is 0 Å². The summed E-state index contributed by atoms with van der Waals surface area (Å²) >= 11 is 0. The van der Waals surface area contributed by atoms with Gasteiger partial charge in [0.1, 0.15) is 11.6 Å². The van der Waals surface area contributed by atoms with Gasteiger partial charge in [0.2, 0.25) is 5.89 Å². The van der Waals surface area contributed by atoms with Gasteiger partial charge in [0.25, 0.3) is 0 Å². The topological polar surface area (TPSA) is 130 Å². The summed E-state index contributed by atoms with van der Waals surface area (Å²) in [5.41, 5.74) is 8.19. The lowest BCUT2D eigenvalue weighted by molar-refractivity contribution is -0.139. The number of carboxylic acids is 1. The molecule has 146 valence electrons. The van der Waals surface area contributed by atoms with Crippen LogP contribution in [0.4, 0.5) is 10.5 Å². The molecule has 0 aliphatic carbocycles. The number of carbonyl (C=O) groups excluding carboxylic acids is 1. The SMILES string of the molecule is NCCCC[C@H](NC(=O)Nc1ccc(-c2nc3ccccc3o2)cc1)C(=O)O. The number of carbonyl (C=O) groups is 2. The zero-order chi connectivity index (χ0) is 19.9. The third-order valence-electron chi connectivity index (χ3n) is 4.23. The molecule has 0 unspecified atom stereocenters. The van der Waals surface area contributed by atoms with Crippen LogP contribution < -0.4 is 16.4 Å². The van der Waals surface area contributed by atoms with E-state index in [1.54, 1.807) is 24.3 Å². The Hall–Kier alpha value is -3.39. The molecule has 2 amide bonds. The van der Waals surface area contributed by atoms with Gasteiger partial charge in [-0.3, -0.25) is 0 Å². The number of nitrogens with zero attached hydrogens (tertiary/aromatic N) is 1. The molecular formula is C20H22N4O4. The Morgan fingerprint density at radius 1 is 1.11 bits per heavy atom. The highest BCUT2D eigenvalue weighted by molar-refractivity contribution is 5.92. The van der Waals surface area contributed by atoms with E-state index < -0.39 is 18.0 Å². The van der Waals surface area contributed by atoms with Crippen molar-refractivity contribution in [2.24, 2.45) is 5.73 Å². The Balaban J connectivity index is 1.61. The van der Waals surface area contributed by atoms with Gasteiger partial charge in [0, 0.05) is 11.3 Å². The third-order valence-corrected chi connectivity index (χ3v) is 4.23. The monoisotopic (exact) mass is 382 g/mol. The van der Waals surface area contributed by atoms with Crippen molar-refractivity contribution >= 4 is 28.8 Å². The van der Waals surface area contributed by atoms with E-state index in [-0.39, 0.29) is 0 Å². The van der Waals surface area contributed by atoms with E-state index in [9.17, 15) is 14.7 Å². The molecule has 0 radical (unpaired) electrons. The molecule has 1 atom stereocenters. The van der Waals surface area contributed by atoms with E-state index in [4.69, 9.17) is 10.2 Å². The lowest BCUT2D eigenvalue weighted by Crippen LogP contribution is -2.43. The number of aromatic nitrogens is 1. The Morgan fingerprint density at radius 3 is 2.54 bits per heavy atom. The van der Waals surface area contributed by atoms with E-state index in [2.05, 4.69) is 15.6 Å². The van der Waals surface area contributed by atoms with Crippen molar-refractivity contribution in [3.63, 3.8) is 0 Å². The number of carboxylic acid groups (broad SMARTS) is 1. The average molecular weight is 382 g/mol. The van der Waals surface area contributed by atoms with Gasteiger partial charge >= 0.3 is 12.0 Å². The van der Waals surface area contributed by atoms with Crippen LogP contribution in [0.15, 0.2) is 52.9 Å². The average Bonchev–Trinajstić information content (AvgIpc) is 3.12. The molecule has 3 rings (SSSR count). The van der Waals surface area contributed by atoms with Crippen molar-refractivity contribution in [2.75, 3.05) is 11.9 Å². The van der Waals surface area contributed by atoms with Crippen LogP contribution in [0.1, 0.15) is 19.3 Å². The molecule has 8 heteroatoms. The molecule has 0 aliphatic heterocycles. The minimum absolute atomic E-state index is 0.330. The Labute approximate surface area is 161 Å². The molecule has 0 spiro atoms. The van der Waals surface area contributed by atoms with Crippen molar-refractivity contribution in [3.05, 3.63) is 48.5 Å². The number of fused-ring (bicyclic) bond motifs is 1. The summed E-state index contributed by atoms with van der Waals surface area (Å²) in [6.07, 6.45) is 1.67. The van der Waals surface area contributed by atoms with Gasteiger partial charge in [-0.2, -0.15) is 0 Å². The maximum atomic E-state index is 12.1. The number of urea groups is 1. The number of oxazole rings is 1. The third kappa shape index (κ3) is 4.86. The second-order valence-electron chi connectivity index (χ2n) is 6.34. The first-order valence-corrected chi connectivity index (χ1v) is 9.03. The van der Waals surface area contributed by atoms with Crippen LogP contribution >= 0.6 is 0 Å². The van der Waals surface area contributed by atoms with E-state index in [0.717, 1.165) is 11.1 Å². The maximum absolute atomic E-state index is 12.1. The predicted molar refractivity (Wildman–Crippen MR) is 106 cm³/mol. The lowest BCUT2D eigenvalue weighted by Gasteiger charge is -2.15. The summed E-state index contributed by atoms with van der Waals surface area (Å²) in [5.74, 6) is -0.582. The fraction of sp³-hybridized carbons (Fsp3) is 0.250. The fourth-order valence-corrected chi connectivity index (χ4v) is 2.77. The molecule has 28 heavy (non-hydrogen) atoms. The van der Waals surface area contributed by atoms with Crippen LogP contribution in [0.5, 0.6) is 0 Å². The number of benzene rings is 2. The first-order chi connectivity index (χ1) is 13.6. The van der Waals surface area contributed by atoms with Crippen molar-refractivity contribution in [3.8, 4) is 11.5 Å². The normalized spacial score (nSPS) is 11.9. The number of amides is 2. The van der Waals surface area contributed by atoms with Gasteiger partial charge in [-0.05, 0) is 62.2 Å². The number of rotatable bonds is 8. The number of unbranched alkanes of at least 4 members (excludes halogenated alkanes) is 1. The number of nitrogens with two attached hydrogens (primary N) is 1. The minimum atomic E-state index is -1.07. The first kappa shape index (κ1) is 19.4. The van der Waals surface area contributed by atoms with Gasteiger partial charge in [-0.1, -0.05) is 12.1 Å². The summed E-state index contributed by atoms with van der Waals surface area (Å²) in [6, 6.07) is 12.9. The molecule has 1 heterocycles.